The molecule has 0 spiro atoms. The molecule has 0 saturated carbocycles. The molecule has 1 atom stereocenters. The smallest absolute Gasteiger partial charge is 0.254 e. The summed E-state index contributed by atoms with van der Waals surface area (Å²) in [6.45, 7) is 1.63. The van der Waals surface area contributed by atoms with E-state index in [0.29, 0.717) is 11.8 Å². The van der Waals surface area contributed by atoms with Gasteiger partial charge in [0.2, 0.25) is 5.91 Å². The maximum absolute atomic E-state index is 12.3. The van der Waals surface area contributed by atoms with Gasteiger partial charge in [-0.1, -0.05) is 12.0 Å². The summed E-state index contributed by atoms with van der Waals surface area (Å²) in [6, 6.07) is 3.76. The normalized spacial score (nSPS) is 10.8. The Bertz CT molecular complexity index is 658. The molecule has 7 nitrogen and oxygen atoms in total. The molecule has 0 aliphatic carbocycles. The highest BCUT2D eigenvalue weighted by molar-refractivity contribution is 6.02. The van der Waals surface area contributed by atoms with Crippen molar-refractivity contribution in [3.63, 3.8) is 0 Å². The first-order valence-electron chi connectivity index (χ1n) is 6.52. The number of primary amides is 1. The first-order valence-corrected chi connectivity index (χ1v) is 6.52. The van der Waals surface area contributed by atoms with Crippen molar-refractivity contribution in [1.29, 1.82) is 5.53 Å². The average Bonchev–Trinajstić information content (AvgIpc) is 2.50. The van der Waals surface area contributed by atoms with Crippen molar-refractivity contribution >= 4 is 23.8 Å². The minimum absolute atomic E-state index is 0.102. The molecule has 0 bridgehead atoms. The molecule has 22 heavy (non-hydrogen) atoms. The molecule has 0 aliphatic rings. The van der Waals surface area contributed by atoms with Crippen LogP contribution in [0.5, 0.6) is 0 Å². The van der Waals surface area contributed by atoms with Gasteiger partial charge in [0.1, 0.15) is 18.0 Å². The van der Waals surface area contributed by atoms with Gasteiger partial charge in [-0.2, -0.15) is 5.11 Å². The van der Waals surface area contributed by atoms with Crippen LogP contribution in [0.1, 0.15) is 35.7 Å². The van der Waals surface area contributed by atoms with Crippen LogP contribution in [0.3, 0.4) is 0 Å². The lowest BCUT2D eigenvalue weighted by atomic mass is 10.1. The Kier molecular flexibility index (Phi) is 6.44. The van der Waals surface area contributed by atoms with Gasteiger partial charge in [0.25, 0.3) is 5.91 Å². The Labute approximate surface area is 127 Å². The fourth-order valence-electron chi connectivity index (χ4n) is 1.84. The number of nitrogens with one attached hydrogen (secondary N) is 2. The highest BCUT2D eigenvalue weighted by Crippen LogP contribution is 2.24. The topological polar surface area (TPSA) is 125 Å². The summed E-state index contributed by atoms with van der Waals surface area (Å²) < 4.78 is 0. The molecule has 0 aromatic heterocycles. The van der Waals surface area contributed by atoms with E-state index in [0.717, 1.165) is 0 Å². The highest BCUT2D eigenvalue weighted by atomic mass is 16.2. The first-order chi connectivity index (χ1) is 10.5. The second-order valence-electron chi connectivity index (χ2n) is 4.36. The lowest BCUT2D eigenvalue weighted by molar-refractivity contribution is -0.120. The summed E-state index contributed by atoms with van der Waals surface area (Å²) in [5.41, 5.74) is 13.1. The van der Waals surface area contributed by atoms with E-state index in [4.69, 9.17) is 11.3 Å². The number of rotatable bonds is 7. The highest BCUT2D eigenvalue weighted by Gasteiger charge is 2.21. The van der Waals surface area contributed by atoms with Crippen LogP contribution in [0.2, 0.25) is 0 Å². The molecule has 2 amide bonds. The van der Waals surface area contributed by atoms with Crippen LogP contribution in [0.25, 0.3) is 0 Å². The third kappa shape index (κ3) is 4.24. The minimum atomic E-state index is -0.961. The number of benzene rings is 1. The Morgan fingerprint density at radius 1 is 1.50 bits per heavy atom. The van der Waals surface area contributed by atoms with Crippen LogP contribution in [-0.4, -0.2) is 24.1 Å². The average molecular weight is 300 g/mol. The minimum Gasteiger partial charge on any atom is -0.368 e. The molecule has 0 radical (unpaired) electrons. The summed E-state index contributed by atoms with van der Waals surface area (Å²) in [5.74, 6) is 4.10. The summed E-state index contributed by atoms with van der Waals surface area (Å²) >= 11 is 0. The number of nitrogens with two attached hydrogens (primary N) is 1. The van der Waals surface area contributed by atoms with Gasteiger partial charge in [0.15, 0.2) is 0 Å². The largest absolute Gasteiger partial charge is 0.368 e. The van der Waals surface area contributed by atoms with E-state index in [9.17, 15) is 14.4 Å². The Morgan fingerprint density at radius 2 is 2.23 bits per heavy atom. The van der Waals surface area contributed by atoms with E-state index in [1.54, 1.807) is 19.1 Å². The van der Waals surface area contributed by atoms with E-state index >= 15 is 0 Å². The van der Waals surface area contributed by atoms with Crippen molar-refractivity contribution in [3.05, 3.63) is 29.3 Å². The fourth-order valence-corrected chi connectivity index (χ4v) is 1.84. The van der Waals surface area contributed by atoms with E-state index < -0.39 is 17.9 Å². The molecule has 1 aromatic rings. The quantitative estimate of drug-likeness (QED) is 0.399. The van der Waals surface area contributed by atoms with Crippen molar-refractivity contribution in [2.75, 3.05) is 0 Å². The van der Waals surface area contributed by atoms with E-state index in [-0.39, 0.29) is 24.1 Å². The van der Waals surface area contributed by atoms with Crippen LogP contribution in [0.4, 0.5) is 5.69 Å². The van der Waals surface area contributed by atoms with E-state index in [2.05, 4.69) is 22.3 Å². The molecule has 0 fully saturated rings. The van der Waals surface area contributed by atoms with Crippen LogP contribution in [0, 0.1) is 17.4 Å². The van der Waals surface area contributed by atoms with Gasteiger partial charge in [0, 0.05) is 6.42 Å². The number of aldehydes is 1. The molecule has 0 saturated heterocycles. The number of para-hydroxylation sites is 1. The molecule has 1 aromatic carbocycles. The Morgan fingerprint density at radius 3 is 2.77 bits per heavy atom. The van der Waals surface area contributed by atoms with Crippen molar-refractivity contribution in [3.8, 4) is 11.8 Å². The zero-order valence-electron chi connectivity index (χ0n) is 12.1. The van der Waals surface area contributed by atoms with Crippen LogP contribution < -0.4 is 11.1 Å². The maximum Gasteiger partial charge on any atom is 0.254 e. The zero-order valence-corrected chi connectivity index (χ0v) is 12.1. The SMILES string of the molecule is CC#Cc1cccc(C(=O)NC(CCC=O)C(N)=O)c1N=N. The molecule has 1 rings (SSSR count). The van der Waals surface area contributed by atoms with Gasteiger partial charge in [-0.15, -0.1) is 5.92 Å². The molecule has 0 aliphatic heterocycles. The number of nitrogens with zero attached hydrogens (tertiary/aromatic N) is 1. The summed E-state index contributed by atoms with van der Waals surface area (Å²) in [5, 5.41) is 5.79. The molecule has 114 valence electrons. The summed E-state index contributed by atoms with van der Waals surface area (Å²) in [4.78, 5) is 33.9. The number of hydrogen-bond donors (Lipinski definition) is 3. The predicted molar refractivity (Wildman–Crippen MR) is 79.5 cm³/mol. The molecule has 4 N–H and O–H groups in total. The van der Waals surface area contributed by atoms with Crippen molar-refractivity contribution in [1.82, 2.24) is 5.32 Å². The van der Waals surface area contributed by atoms with Gasteiger partial charge in [-0.25, -0.2) is 5.53 Å². The van der Waals surface area contributed by atoms with Gasteiger partial charge in [-0.3, -0.25) is 9.59 Å². The van der Waals surface area contributed by atoms with Gasteiger partial charge in [-0.05, 0) is 25.5 Å². The zero-order chi connectivity index (χ0) is 16.5. The van der Waals surface area contributed by atoms with Crippen LogP contribution in [-0.2, 0) is 9.59 Å². The number of hydrogen-bond acceptors (Lipinski definition) is 5. The number of carbonyl (C=O) groups is 3. The third-order valence-corrected chi connectivity index (χ3v) is 2.87. The monoisotopic (exact) mass is 300 g/mol. The molecule has 7 heteroatoms. The summed E-state index contributed by atoms with van der Waals surface area (Å²) in [7, 11) is 0. The number of carbonyl (C=O) groups excluding carboxylic acids is 3. The van der Waals surface area contributed by atoms with Crippen molar-refractivity contribution < 1.29 is 14.4 Å². The first kappa shape index (κ1) is 17.0. The fraction of sp³-hybridized carbons (Fsp3) is 0.267. The van der Waals surface area contributed by atoms with Gasteiger partial charge >= 0.3 is 0 Å². The second-order valence-corrected chi connectivity index (χ2v) is 4.36. The van der Waals surface area contributed by atoms with Gasteiger partial charge < -0.3 is 15.8 Å². The second kappa shape index (κ2) is 8.32. The van der Waals surface area contributed by atoms with E-state index in [1.807, 2.05) is 0 Å². The Balaban J connectivity index is 3.08. The van der Waals surface area contributed by atoms with Crippen molar-refractivity contribution in [2.45, 2.75) is 25.8 Å². The molecular formula is C15H16N4O3. The molecule has 0 heterocycles. The lowest BCUT2D eigenvalue weighted by Crippen LogP contribution is -2.44. The van der Waals surface area contributed by atoms with E-state index in [1.165, 1.54) is 6.07 Å². The maximum atomic E-state index is 12.3. The molecular weight excluding hydrogens is 284 g/mol. The predicted octanol–water partition coefficient (Wildman–Crippen LogP) is 1.28. The van der Waals surface area contributed by atoms with Crippen LogP contribution >= 0.6 is 0 Å². The van der Waals surface area contributed by atoms with Crippen LogP contribution in [0.15, 0.2) is 23.3 Å². The summed E-state index contributed by atoms with van der Waals surface area (Å²) in [6.07, 6.45) is 0.863. The van der Waals surface area contributed by atoms with Crippen molar-refractivity contribution in [2.24, 2.45) is 10.8 Å². The molecule has 1 unspecified atom stereocenters. The van der Waals surface area contributed by atoms with Gasteiger partial charge in [0.05, 0.1) is 11.1 Å². The standard InChI is InChI=1S/C15H16N4O3/c1-2-5-10-6-3-7-11(13(10)19-17)15(22)18-12(14(16)21)8-4-9-20/h3,6-7,9,12,17H,4,8H2,1H3,(H2,16,21)(H,18,22). The number of amides is 2. The lowest BCUT2D eigenvalue weighted by Gasteiger charge is -2.15. The Hall–Kier alpha value is -3.01. The third-order valence-electron chi connectivity index (χ3n) is 2.87.